The third-order valence-corrected chi connectivity index (χ3v) is 6.87. The average Bonchev–Trinajstić information content (AvgIpc) is 2.76. The van der Waals surface area contributed by atoms with Crippen LogP contribution in [0, 0.1) is 5.92 Å². The number of carbonyl (C=O) groups is 1. The highest BCUT2D eigenvalue weighted by Gasteiger charge is 2.52. The maximum absolute atomic E-state index is 12.8. The first-order valence-electron chi connectivity index (χ1n) is 10.4. The molecule has 0 saturated carbocycles. The van der Waals surface area contributed by atoms with Crippen molar-refractivity contribution in [2.75, 3.05) is 19.7 Å². The summed E-state index contributed by atoms with van der Waals surface area (Å²) >= 11 is 6.25. The molecule has 3 aliphatic heterocycles. The number of piperidine rings is 1. The molecular formula is C23H25ClN2O3. The number of amides is 1. The number of rotatable bonds is 2. The minimum atomic E-state index is -0.267. The summed E-state index contributed by atoms with van der Waals surface area (Å²) in [6.45, 7) is 2.20. The number of hydrogen-bond acceptors (Lipinski definition) is 4. The highest BCUT2D eigenvalue weighted by molar-refractivity contribution is 6.30. The van der Waals surface area contributed by atoms with Crippen LogP contribution in [0.1, 0.15) is 42.9 Å². The first kappa shape index (κ1) is 18.9. The summed E-state index contributed by atoms with van der Waals surface area (Å²) in [4.78, 5) is 18.9. The molecule has 0 N–H and O–H groups in total. The second-order valence-electron chi connectivity index (χ2n) is 8.31. The Bertz CT molecular complexity index is 896. The minimum Gasteiger partial charge on any atom is -0.486 e. The quantitative estimate of drug-likeness (QED) is 0.741. The molecule has 2 fully saturated rings. The maximum atomic E-state index is 12.8. The van der Waals surface area contributed by atoms with Crippen LogP contribution in [0.25, 0.3) is 0 Å². The number of pyridine rings is 1. The Balaban J connectivity index is 1.34. The van der Waals surface area contributed by atoms with Gasteiger partial charge in [0.05, 0.1) is 12.5 Å². The van der Waals surface area contributed by atoms with E-state index >= 15 is 0 Å². The molecule has 2 atom stereocenters. The van der Waals surface area contributed by atoms with Crippen LogP contribution in [-0.4, -0.2) is 41.1 Å². The lowest BCUT2D eigenvalue weighted by Gasteiger charge is -2.53. The van der Waals surface area contributed by atoms with Crippen molar-refractivity contribution in [2.45, 2.75) is 43.8 Å². The molecule has 5 rings (SSSR count). The van der Waals surface area contributed by atoms with Crippen molar-refractivity contribution < 1.29 is 14.3 Å². The molecule has 2 aromatic rings. The van der Waals surface area contributed by atoms with Crippen molar-refractivity contribution in [3.63, 3.8) is 0 Å². The molecule has 0 bridgehead atoms. The summed E-state index contributed by atoms with van der Waals surface area (Å²) < 4.78 is 12.9. The van der Waals surface area contributed by atoms with Crippen LogP contribution < -0.4 is 4.74 Å². The van der Waals surface area contributed by atoms with E-state index in [2.05, 4.69) is 4.98 Å². The number of benzene rings is 1. The first-order valence-corrected chi connectivity index (χ1v) is 10.8. The SMILES string of the molecule is O=C(Cc1cccnc1)N1CCC2(CC1)Oc1ccc(Cl)cc1[C@H]1OCCC[C@@H]12. The molecule has 6 heteroatoms. The molecule has 1 aromatic carbocycles. The third-order valence-electron chi connectivity index (χ3n) is 6.63. The number of ether oxygens (including phenoxy) is 2. The lowest BCUT2D eigenvalue weighted by Crippen LogP contribution is -2.58. The summed E-state index contributed by atoms with van der Waals surface area (Å²) in [5, 5.41) is 0.715. The zero-order chi connectivity index (χ0) is 19.8. The van der Waals surface area contributed by atoms with Crippen LogP contribution in [-0.2, 0) is 16.0 Å². The fourth-order valence-electron chi connectivity index (χ4n) is 5.15. The second-order valence-corrected chi connectivity index (χ2v) is 8.74. The number of halogens is 1. The number of hydrogen-bond donors (Lipinski definition) is 0. The highest BCUT2D eigenvalue weighted by atomic mass is 35.5. The van der Waals surface area contributed by atoms with Crippen LogP contribution in [0.3, 0.4) is 0 Å². The lowest BCUT2D eigenvalue weighted by atomic mass is 9.70. The molecule has 3 aliphatic rings. The molecule has 1 spiro atoms. The van der Waals surface area contributed by atoms with Gasteiger partial charge in [-0.15, -0.1) is 0 Å². The Labute approximate surface area is 176 Å². The van der Waals surface area contributed by atoms with Gasteiger partial charge in [-0.05, 0) is 42.7 Å². The van der Waals surface area contributed by atoms with Gasteiger partial charge in [-0.3, -0.25) is 9.78 Å². The molecule has 152 valence electrons. The Kier molecular flexibility index (Phi) is 4.96. The van der Waals surface area contributed by atoms with Gasteiger partial charge in [-0.25, -0.2) is 0 Å². The van der Waals surface area contributed by atoms with Gasteiger partial charge in [0.25, 0.3) is 0 Å². The van der Waals surface area contributed by atoms with Crippen molar-refractivity contribution in [3.05, 3.63) is 58.9 Å². The van der Waals surface area contributed by atoms with E-state index in [1.165, 1.54) is 0 Å². The molecule has 29 heavy (non-hydrogen) atoms. The van der Waals surface area contributed by atoms with Crippen molar-refractivity contribution in [3.8, 4) is 5.75 Å². The number of nitrogens with zero attached hydrogens (tertiary/aromatic N) is 2. The standard InChI is InChI=1S/C23H25ClN2O3/c24-17-5-6-20-18(14-17)22-19(4-2-12-28-22)23(29-20)7-10-26(11-8-23)21(27)13-16-3-1-9-25-15-16/h1,3,5-6,9,14-15,19,22H,2,4,7-8,10-13H2/t19-,22+/m0/s1. The minimum absolute atomic E-state index is 0.0313. The van der Waals surface area contributed by atoms with Gasteiger partial charge < -0.3 is 14.4 Å². The fourth-order valence-corrected chi connectivity index (χ4v) is 5.33. The van der Waals surface area contributed by atoms with Crippen molar-refractivity contribution >= 4 is 17.5 Å². The Morgan fingerprint density at radius 1 is 1.28 bits per heavy atom. The summed E-state index contributed by atoms with van der Waals surface area (Å²) in [5.41, 5.74) is 1.76. The highest BCUT2D eigenvalue weighted by Crippen LogP contribution is 2.53. The van der Waals surface area contributed by atoms with E-state index in [4.69, 9.17) is 21.1 Å². The van der Waals surface area contributed by atoms with Crippen molar-refractivity contribution in [2.24, 2.45) is 5.92 Å². The normalized spacial score (nSPS) is 25.1. The molecule has 2 saturated heterocycles. The molecule has 0 unspecified atom stereocenters. The molecule has 0 aliphatic carbocycles. The Morgan fingerprint density at radius 3 is 2.93 bits per heavy atom. The number of aromatic nitrogens is 1. The van der Waals surface area contributed by atoms with Crippen molar-refractivity contribution in [1.29, 1.82) is 0 Å². The lowest BCUT2D eigenvalue weighted by molar-refractivity contribution is -0.156. The molecule has 1 aromatic heterocycles. The van der Waals surface area contributed by atoms with E-state index in [0.717, 1.165) is 49.2 Å². The van der Waals surface area contributed by atoms with E-state index in [1.54, 1.807) is 12.4 Å². The van der Waals surface area contributed by atoms with Crippen LogP contribution in [0.5, 0.6) is 5.75 Å². The third kappa shape index (κ3) is 3.51. The van der Waals surface area contributed by atoms with Crippen LogP contribution in [0.2, 0.25) is 5.02 Å². The summed E-state index contributed by atoms with van der Waals surface area (Å²) in [6.07, 6.45) is 7.72. The summed E-state index contributed by atoms with van der Waals surface area (Å²) in [6, 6.07) is 9.65. The molecular weight excluding hydrogens is 388 g/mol. The molecule has 4 heterocycles. The smallest absolute Gasteiger partial charge is 0.227 e. The van der Waals surface area contributed by atoms with Crippen LogP contribution in [0.15, 0.2) is 42.7 Å². The van der Waals surface area contributed by atoms with Gasteiger partial charge in [0.1, 0.15) is 11.4 Å². The van der Waals surface area contributed by atoms with Crippen LogP contribution >= 0.6 is 11.6 Å². The van der Waals surface area contributed by atoms with E-state index in [1.807, 2.05) is 35.2 Å². The summed E-state index contributed by atoms with van der Waals surface area (Å²) in [5.74, 6) is 1.35. The summed E-state index contributed by atoms with van der Waals surface area (Å²) in [7, 11) is 0. The Hall–Kier alpha value is -2.11. The van der Waals surface area contributed by atoms with Gasteiger partial charge in [-0.1, -0.05) is 17.7 Å². The van der Waals surface area contributed by atoms with Gasteiger partial charge in [0.15, 0.2) is 0 Å². The average molecular weight is 413 g/mol. The number of likely N-dealkylation sites (tertiary alicyclic amines) is 1. The van der Waals surface area contributed by atoms with Gasteiger partial charge in [0, 0.05) is 61.4 Å². The molecule has 0 radical (unpaired) electrons. The fraction of sp³-hybridized carbons (Fsp3) is 0.478. The van der Waals surface area contributed by atoms with Gasteiger partial charge >= 0.3 is 0 Å². The van der Waals surface area contributed by atoms with Gasteiger partial charge in [-0.2, -0.15) is 0 Å². The topological polar surface area (TPSA) is 51.7 Å². The van der Waals surface area contributed by atoms with Crippen molar-refractivity contribution in [1.82, 2.24) is 9.88 Å². The van der Waals surface area contributed by atoms with E-state index in [9.17, 15) is 4.79 Å². The zero-order valence-corrected chi connectivity index (χ0v) is 17.1. The van der Waals surface area contributed by atoms with E-state index in [-0.39, 0.29) is 17.6 Å². The molecule has 1 amide bonds. The monoisotopic (exact) mass is 412 g/mol. The van der Waals surface area contributed by atoms with Gasteiger partial charge in [0.2, 0.25) is 5.91 Å². The zero-order valence-electron chi connectivity index (χ0n) is 16.4. The van der Waals surface area contributed by atoms with E-state index in [0.29, 0.717) is 30.5 Å². The Morgan fingerprint density at radius 2 is 2.14 bits per heavy atom. The number of fused-ring (bicyclic) bond motifs is 4. The predicted molar refractivity (Wildman–Crippen MR) is 110 cm³/mol. The van der Waals surface area contributed by atoms with E-state index < -0.39 is 0 Å². The predicted octanol–water partition coefficient (Wildman–Crippen LogP) is 4.20. The second kappa shape index (κ2) is 7.62. The molecule has 5 nitrogen and oxygen atoms in total. The maximum Gasteiger partial charge on any atom is 0.227 e. The first-order chi connectivity index (χ1) is 14.1. The largest absolute Gasteiger partial charge is 0.486 e. The van der Waals surface area contributed by atoms with Crippen LogP contribution in [0.4, 0.5) is 0 Å². The number of carbonyl (C=O) groups excluding carboxylic acids is 1.